The molecule has 1 rings (SSSR count). The Morgan fingerprint density at radius 1 is 1.42 bits per heavy atom. The summed E-state index contributed by atoms with van der Waals surface area (Å²) in [6, 6.07) is 0. The van der Waals surface area contributed by atoms with Gasteiger partial charge in [-0.05, 0) is 12.8 Å². The number of epoxide rings is 1. The van der Waals surface area contributed by atoms with Crippen LogP contribution in [-0.4, -0.2) is 47.9 Å². The van der Waals surface area contributed by atoms with Gasteiger partial charge in [-0.15, -0.1) is 0 Å². The highest BCUT2D eigenvalue weighted by Gasteiger charge is 2.49. The zero-order valence-corrected chi connectivity index (χ0v) is 14.3. The van der Waals surface area contributed by atoms with Crippen molar-refractivity contribution < 1.29 is 33.7 Å². The van der Waals surface area contributed by atoms with Crippen molar-refractivity contribution in [3.05, 3.63) is 12.7 Å². The molecule has 0 bridgehead atoms. The Hall–Kier alpha value is -1.89. The monoisotopic (exact) mass is 342 g/mol. The fraction of sp³-hybridized carbons (Fsp3) is 0.706. The number of carboxylic acid groups (broad SMARTS) is 1. The van der Waals surface area contributed by atoms with Gasteiger partial charge in [0.2, 0.25) is 5.60 Å². The van der Waals surface area contributed by atoms with E-state index in [0.717, 1.165) is 18.9 Å². The smallest absolute Gasteiger partial charge is 0.351 e. The van der Waals surface area contributed by atoms with Crippen molar-refractivity contribution in [2.45, 2.75) is 57.7 Å². The molecular weight excluding hydrogens is 316 g/mol. The van der Waals surface area contributed by atoms with Gasteiger partial charge >= 0.3 is 17.9 Å². The molecule has 0 radical (unpaired) electrons. The quantitative estimate of drug-likeness (QED) is 0.251. The summed E-state index contributed by atoms with van der Waals surface area (Å²) in [7, 11) is 0. The zero-order chi connectivity index (χ0) is 18.2. The second kappa shape index (κ2) is 9.42. The van der Waals surface area contributed by atoms with E-state index in [-0.39, 0.29) is 25.6 Å². The van der Waals surface area contributed by atoms with E-state index >= 15 is 0 Å². The number of esters is 2. The van der Waals surface area contributed by atoms with Crippen molar-refractivity contribution in [1.29, 1.82) is 0 Å². The van der Waals surface area contributed by atoms with Crippen LogP contribution in [0.15, 0.2) is 12.7 Å². The topological polar surface area (TPSA) is 102 Å². The summed E-state index contributed by atoms with van der Waals surface area (Å²) in [6.45, 7) is 7.51. The van der Waals surface area contributed by atoms with Gasteiger partial charge in [-0.25, -0.2) is 9.59 Å². The van der Waals surface area contributed by atoms with Crippen molar-refractivity contribution in [2.24, 2.45) is 5.92 Å². The van der Waals surface area contributed by atoms with Crippen molar-refractivity contribution in [3.8, 4) is 0 Å². The number of unbranched alkanes of at least 4 members (excludes halogenated alkanes) is 2. The van der Waals surface area contributed by atoms with Gasteiger partial charge in [0.15, 0.2) is 0 Å². The molecule has 3 unspecified atom stereocenters. The number of aliphatic carboxylic acids is 1. The molecule has 1 N–H and O–H groups in total. The van der Waals surface area contributed by atoms with Gasteiger partial charge in [0.25, 0.3) is 0 Å². The van der Waals surface area contributed by atoms with E-state index in [1.165, 1.54) is 0 Å². The van der Waals surface area contributed by atoms with Crippen LogP contribution in [0.5, 0.6) is 0 Å². The summed E-state index contributed by atoms with van der Waals surface area (Å²) in [5.41, 5.74) is -1.63. The lowest BCUT2D eigenvalue weighted by Gasteiger charge is -2.35. The van der Waals surface area contributed by atoms with Gasteiger partial charge in [0, 0.05) is 12.0 Å². The molecule has 1 aliphatic rings. The van der Waals surface area contributed by atoms with Gasteiger partial charge < -0.3 is 19.3 Å². The Labute approximate surface area is 142 Å². The van der Waals surface area contributed by atoms with Crippen LogP contribution in [0.3, 0.4) is 0 Å². The van der Waals surface area contributed by atoms with Gasteiger partial charge in [0.05, 0.1) is 13.0 Å². The molecule has 7 nitrogen and oxygen atoms in total. The normalized spacial score (nSPS) is 19.7. The molecule has 0 aromatic rings. The number of hydrogen-bond donors (Lipinski definition) is 1. The lowest BCUT2D eigenvalue weighted by Crippen LogP contribution is -2.50. The Morgan fingerprint density at radius 3 is 2.58 bits per heavy atom. The Bertz CT molecular complexity index is 470. The number of carboxylic acids is 1. The number of carbonyl (C=O) groups is 3. The van der Waals surface area contributed by atoms with Gasteiger partial charge in [-0.2, -0.15) is 0 Å². The van der Waals surface area contributed by atoms with Gasteiger partial charge in [-0.1, -0.05) is 33.3 Å². The van der Waals surface area contributed by atoms with Gasteiger partial charge in [0.1, 0.15) is 12.7 Å². The Morgan fingerprint density at radius 2 is 2.08 bits per heavy atom. The average molecular weight is 342 g/mol. The molecule has 3 atom stereocenters. The maximum absolute atomic E-state index is 12.7. The minimum absolute atomic E-state index is 0.0692. The highest BCUT2D eigenvalue weighted by molar-refractivity contribution is 5.88. The molecule has 24 heavy (non-hydrogen) atoms. The van der Waals surface area contributed by atoms with Crippen LogP contribution in [0.4, 0.5) is 0 Å². The summed E-state index contributed by atoms with van der Waals surface area (Å²) in [5, 5.41) is 9.09. The number of ether oxygens (including phenoxy) is 3. The molecule has 136 valence electrons. The van der Waals surface area contributed by atoms with E-state index in [1.807, 2.05) is 6.92 Å². The predicted octanol–water partition coefficient (Wildman–Crippen LogP) is 2.09. The summed E-state index contributed by atoms with van der Waals surface area (Å²) in [5.74, 6) is -3.31. The molecule has 0 saturated carbocycles. The van der Waals surface area contributed by atoms with E-state index in [0.29, 0.717) is 13.0 Å². The van der Waals surface area contributed by atoms with Crippen LogP contribution in [0.25, 0.3) is 0 Å². The third kappa shape index (κ3) is 5.96. The molecule has 1 fully saturated rings. The number of carbonyl (C=O) groups excluding carboxylic acids is 2. The van der Waals surface area contributed by atoms with Crippen molar-refractivity contribution in [3.63, 3.8) is 0 Å². The molecule has 0 aliphatic carbocycles. The van der Waals surface area contributed by atoms with Gasteiger partial charge in [-0.3, -0.25) is 4.79 Å². The molecule has 1 aliphatic heterocycles. The molecule has 0 amide bonds. The third-order valence-electron chi connectivity index (χ3n) is 4.03. The minimum atomic E-state index is -1.63. The fourth-order valence-electron chi connectivity index (χ4n) is 2.48. The van der Waals surface area contributed by atoms with Crippen LogP contribution in [0.1, 0.15) is 46.0 Å². The van der Waals surface area contributed by atoms with E-state index in [1.54, 1.807) is 6.92 Å². The SMILES string of the molecule is C=CC(=O)OC(CCCCC)(C(=O)OCC1CO1)C(C)CC(=O)O. The summed E-state index contributed by atoms with van der Waals surface area (Å²) in [6.07, 6.45) is 3.06. The highest BCUT2D eigenvalue weighted by atomic mass is 16.6. The largest absolute Gasteiger partial charge is 0.481 e. The second-order valence-corrected chi connectivity index (χ2v) is 6.02. The van der Waals surface area contributed by atoms with E-state index in [4.69, 9.17) is 19.3 Å². The molecule has 0 aromatic carbocycles. The Kier molecular flexibility index (Phi) is 7.91. The van der Waals surface area contributed by atoms with Crippen molar-refractivity contribution in [2.75, 3.05) is 13.2 Å². The average Bonchev–Trinajstić information content (AvgIpc) is 3.35. The molecule has 0 aromatic heterocycles. The maximum Gasteiger partial charge on any atom is 0.351 e. The van der Waals surface area contributed by atoms with Crippen LogP contribution >= 0.6 is 0 Å². The Balaban J connectivity index is 3.01. The first-order valence-electron chi connectivity index (χ1n) is 8.21. The zero-order valence-electron chi connectivity index (χ0n) is 14.3. The summed E-state index contributed by atoms with van der Waals surface area (Å²) < 4.78 is 15.6. The summed E-state index contributed by atoms with van der Waals surface area (Å²) >= 11 is 0. The highest BCUT2D eigenvalue weighted by Crippen LogP contribution is 2.33. The molecule has 1 heterocycles. The first kappa shape index (κ1) is 20.2. The lowest BCUT2D eigenvalue weighted by atomic mass is 9.81. The molecule has 0 spiro atoms. The van der Waals surface area contributed by atoms with E-state index < -0.39 is 29.4 Å². The minimum Gasteiger partial charge on any atom is -0.481 e. The van der Waals surface area contributed by atoms with Crippen LogP contribution in [0.2, 0.25) is 0 Å². The summed E-state index contributed by atoms with van der Waals surface area (Å²) in [4.78, 5) is 35.6. The number of rotatable bonds is 12. The van der Waals surface area contributed by atoms with Crippen LogP contribution in [0, 0.1) is 5.92 Å². The van der Waals surface area contributed by atoms with Crippen molar-refractivity contribution in [1.82, 2.24) is 0 Å². The lowest BCUT2D eigenvalue weighted by molar-refractivity contribution is -0.189. The third-order valence-corrected chi connectivity index (χ3v) is 4.03. The second-order valence-electron chi connectivity index (χ2n) is 6.02. The first-order chi connectivity index (χ1) is 11.4. The van der Waals surface area contributed by atoms with E-state index in [2.05, 4.69) is 6.58 Å². The molecule has 1 saturated heterocycles. The first-order valence-corrected chi connectivity index (χ1v) is 8.21. The predicted molar refractivity (Wildman–Crippen MR) is 85.3 cm³/mol. The number of hydrogen-bond acceptors (Lipinski definition) is 6. The van der Waals surface area contributed by atoms with Crippen LogP contribution in [-0.2, 0) is 28.6 Å². The van der Waals surface area contributed by atoms with E-state index in [9.17, 15) is 14.4 Å². The standard InChI is InChI=1S/C17H26O7/c1-4-6-7-8-17(24-15(20)5-2,12(3)9-14(18)19)16(21)23-11-13-10-22-13/h5,12-13H,2,4,6-11H2,1,3H3,(H,18,19). The molecular formula is C17H26O7. The fourth-order valence-corrected chi connectivity index (χ4v) is 2.48. The van der Waals surface area contributed by atoms with Crippen molar-refractivity contribution >= 4 is 17.9 Å². The molecule has 7 heteroatoms. The van der Waals surface area contributed by atoms with Crippen LogP contribution < -0.4 is 0 Å². The maximum atomic E-state index is 12.7.